The SMILES string of the molecule is C=O.C=O.C=O.C=O.C=O.COCCCCOC.Cc1ccc[nH]1.[Cr]. The monoisotopic (exact) mass is 401 g/mol. The molecule has 0 bridgehead atoms. The Kier molecular flexibility index (Phi) is 139. The molecule has 9 heteroatoms. The van der Waals surface area contributed by atoms with Crippen LogP contribution in [-0.2, 0) is 50.8 Å². The molecule has 0 aliphatic carbocycles. The van der Waals surface area contributed by atoms with Crippen molar-refractivity contribution in [2.45, 2.75) is 19.8 Å². The molecule has 25 heavy (non-hydrogen) atoms. The zero-order valence-electron chi connectivity index (χ0n) is 15.4. The summed E-state index contributed by atoms with van der Waals surface area (Å²) >= 11 is 0. The van der Waals surface area contributed by atoms with Gasteiger partial charge < -0.3 is 38.4 Å². The summed E-state index contributed by atoms with van der Waals surface area (Å²) < 4.78 is 9.67. The number of carbonyl (C=O) groups excluding carboxylic acids is 5. The molecule has 0 atom stereocenters. The fraction of sp³-hybridized carbons (Fsp3) is 0.438. The molecule has 0 spiro atoms. The maximum Gasteiger partial charge on any atom is 0.106 e. The molecule has 148 valence electrons. The predicted molar refractivity (Wildman–Crippen MR) is 94.1 cm³/mol. The van der Waals surface area contributed by atoms with E-state index in [2.05, 4.69) is 4.98 Å². The van der Waals surface area contributed by atoms with Crippen molar-refractivity contribution in [3.8, 4) is 0 Å². The third-order valence-corrected chi connectivity index (χ3v) is 1.70. The van der Waals surface area contributed by atoms with Crippen LogP contribution in [0.2, 0.25) is 0 Å². The number of aromatic nitrogens is 1. The van der Waals surface area contributed by atoms with E-state index in [4.69, 9.17) is 33.4 Å². The van der Waals surface area contributed by atoms with Crippen LogP contribution in [0.1, 0.15) is 18.5 Å². The maximum absolute atomic E-state index is 8.00. The third kappa shape index (κ3) is 87.6. The first-order valence-electron chi connectivity index (χ1n) is 6.33. The second-order valence-electron chi connectivity index (χ2n) is 3.05. The van der Waals surface area contributed by atoms with Crippen molar-refractivity contribution in [2.75, 3.05) is 27.4 Å². The number of unbranched alkanes of at least 4 members (excludes halogenated alkanes) is 1. The van der Waals surface area contributed by atoms with E-state index in [0.29, 0.717) is 0 Å². The molecular weight excluding hydrogens is 370 g/mol. The summed E-state index contributed by atoms with van der Waals surface area (Å²) in [6.07, 6.45) is 4.12. The number of aryl methyl sites for hydroxylation is 1. The average Bonchev–Trinajstić information content (AvgIpc) is 3.18. The topological polar surface area (TPSA) is 120 Å². The Morgan fingerprint density at radius 3 is 1.24 bits per heavy atom. The number of H-pyrrole nitrogens is 1. The Hall–Kier alpha value is -1.92. The fourth-order valence-electron chi connectivity index (χ4n) is 0.913. The first-order valence-corrected chi connectivity index (χ1v) is 6.33. The summed E-state index contributed by atoms with van der Waals surface area (Å²) in [6, 6.07) is 4.01. The van der Waals surface area contributed by atoms with E-state index >= 15 is 0 Å². The maximum atomic E-state index is 8.00. The van der Waals surface area contributed by atoms with E-state index in [1.54, 1.807) is 14.2 Å². The molecule has 1 aromatic rings. The van der Waals surface area contributed by atoms with Gasteiger partial charge >= 0.3 is 0 Å². The van der Waals surface area contributed by atoms with Gasteiger partial charge in [-0.1, -0.05) is 0 Å². The van der Waals surface area contributed by atoms with Gasteiger partial charge in [-0.3, -0.25) is 0 Å². The molecule has 0 amide bonds. The second-order valence-corrected chi connectivity index (χ2v) is 3.05. The fourth-order valence-corrected chi connectivity index (χ4v) is 0.913. The molecule has 0 radical (unpaired) electrons. The van der Waals surface area contributed by atoms with Crippen LogP contribution < -0.4 is 0 Å². The summed E-state index contributed by atoms with van der Waals surface area (Å²) in [5.41, 5.74) is 1.22. The van der Waals surface area contributed by atoms with E-state index < -0.39 is 0 Å². The standard InChI is InChI=1S/C6H14O2.C5H7N.5CH2O.Cr/c1-7-5-3-4-6-8-2;1-5-3-2-4-6-5;5*1-2;/h3-6H2,1-2H3;2-4,6H,1H3;5*1H2;. The summed E-state index contributed by atoms with van der Waals surface area (Å²) in [5, 5.41) is 0. The average molecular weight is 401 g/mol. The molecule has 0 saturated heterocycles. The molecule has 0 aliphatic heterocycles. The van der Waals surface area contributed by atoms with Crippen molar-refractivity contribution in [2.24, 2.45) is 0 Å². The van der Waals surface area contributed by atoms with Crippen molar-refractivity contribution in [3.05, 3.63) is 24.0 Å². The van der Waals surface area contributed by atoms with Crippen LogP contribution in [0.15, 0.2) is 18.3 Å². The molecule has 8 nitrogen and oxygen atoms in total. The van der Waals surface area contributed by atoms with Crippen molar-refractivity contribution < 1.29 is 50.8 Å². The number of rotatable bonds is 5. The minimum Gasteiger partial charge on any atom is -0.385 e. The molecule has 1 aromatic heterocycles. The zero-order chi connectivity index (χ0) is 20.6. The van der Waals surface area contributed by atoms with Crippen LogP contribution in [0.5, 0.6) is 0 Å². The molecule has 0 saturated carbocycles. The number of carbonyl (C=O) groups is 5. The van der Waals surface area contributed by atoms with E-state index in [1.807, 2.05) is 59.2 Å². The van der Waals surface area contributed by atoms with Gasteiger partial charge in [0.25, 0.3) is 0 Å². The Labute approximate surface area is 161 Å². The van der Waals surface area contributed by atoms with Gasteiger partial charge in [-0.05, 0) is 31.9 Å². The summed E-state index contributed by atoms with van der Waals surface area (Å²) in [4.78, 5) is 43.0. The van der Waals surface area contributed by atoms with E-state index in [1.165, 1.54) is 5.69 Å². The Bertz CT molecular complexity index is 247. The van der Waals surface area contributed by atoms with Crippen LogP contribution in [0, 0.1) is 6.92 Å². The molecule has 0 aliphatic rings. The van der Waals surface area contributed by atoms with Crippen LogP contribution in [0.4, 0.5) is 0 Å². The molecular formula is C16H31CrNO7. The summed E-state index contributed by atoms with van der Waals surface area (Å²) in [7, 11) is 3.43. The van der Waals surface area contributed by atoms with Crippen molar-refractivity contribution in [3.63, 3.8) is 0 Å². The Balaban J connectivity index is -0.0000000340. The van der Waals surface area contributed by atoms with Gasteiger partial charge in [-0.25, -0.2) is 0 Å². The normalized spacial score (nSPS) is 6.04. The van der Waals surface area contributed by atoms with Gasteiger partial charge in [0.2, 0.25) is 0 Å². The number of aromatic amines is 1. The van der Waals surface area contributed by atoms with Gasteiger partial charge in [0, 0.05) is 56.7 Å². The predicted octanol–water partition coefficient (Wildman–Crippen LogP) is 1.46. The minimum absolute atomic E-state index is 0. The zero-order valence-corrected chi connectivity index (χ0v) is 16.6. The Morgan fingerprint density at radius 2 is 1.12 bits per heavy atom. The van der Waals surface area contributed by atoms with Crippen LogP contribution in [-0.4, -0.2) is 66.4 Å². The quantitative estimate of drug-likeness (QED) is 0.742. The van der Waals surface area contributed by atoms with E-state index in [-0.39, 0.29) is 17.4 Å². The van der Waals surface area contributed by atoms with Crippen LogP contribution >= 0.6 is 0 Å². The number of nitrogens with one attached hydrogen (secondary N) is 1. The Morgan fingerprint density at radius 1 is 0.800 bits per heavy atom. The van der Waals surface area contributed by atoms with Crippen molar-refractivity contribution >= 4 is 33.9 Å². The van der Waals surface area contributed by atoms with Gasteiger partial charge in [0.05, 0.1) is 0 Å². The second kappa shape index (κ2) is 79.9. The van der Waals surface area contributed by atoms with Crippen LogP contribution in [0.25, 0.3) is 0 Å². The van der Waals surface area contributed by atoms with Crippen molar-refractivity contribution in [1.29, 1.82) is 0 Å². The smallest absolute Gasteiger partial charge is 0.106 e. The van der Waals surface area contributed by atoms with Gasteiger partial charge in [0.15, 0.2) is 0 Å². The number of ether oxygens (including phenoxy) is 2. The minimum atomic E-state index is 0. The first-order chi connectivity index (χ1) is 11.8. The first kappa shape index (κ1) is 43.5. The van der Waals surface area contributed by atoms with Gasteiger partial charge in [-0.15, -0.1) is 0 Å². The molecule has 1 N–H and O–H groups in total. The van der Waals surface area contributed by atoms with Crippen LogP contribution in [0.3, 0.4) is 0 Å². The van der Waals surface area contributed by atoms with Gasteiger partial charge in [-0.2, -0.15) is 0 Å². The van der Waals surface area contributed by atoms with E-state index in [0.717, 1.165) is 26.1 Å². The summed E-state index contributed by atoms with van der Waals surface area (Å²) in [5.74, 6) is 0. The number of methoxy groups -OCH3 is 2. The molecule has 0 fully saturated rings. The summed E-state index contributed by atoms with van der Waals surface area (Å²) in [6.45, 7) is 13.7. The molecule has 1 rings (SSSR count). The third-order valence-electron chi connectivity index (χ3n) is 1.70. The molecule has 0 unspecified atom stereocenters. The van der Waals surface area contributed by atoms with Gasteiger partial charge in [0.1, 0.15) is 33.9 Å². The number of hydrogen-bond acceptors (Lipinski definition) is 7. The van der Waals surface area contributed by atoms with Crippen molar-refractivity contribution in [1.82, 2.24) is 4.98 Å². The molecule has 0 aromatic carbocycles. The number of hydrogen-bond donors (Lipinski definition) is 1. The molecule has 1 heterocycles. The largest absolute Gasteiger partial charge is 0.385 e. The van der Waals surface area contributed by atoms with E-state index in [9.17, 15) is 0 Å².